The Kier molecular flexibility index (Phi) is 3.96. The first kappa shape index (κ1) is 14.1. The highest BCUT2D eigenvalue weighted by Gasteiger charge is 2.19. The quantitative estimate of drug-likeness (QED) is 0.881. The zero-order chi connectivity index (χ0) is 14.8. The van der Waals surface area contributed by atoms with Crippen molar-refractivity contribution in [1.82, 2.24) is 5.16 Å². The molecule has 0 aliphatic heterocycles. The van der Waals surface area contributed by atoms with E-state index >= 15 is 0 Å². The van der Waals surface area contributed by atoms with Gasteiger partial charge in [0, 0.05) is 11.6 Å². The van der Waals surface area contributed by atoms with Crippen LogP contribution in [-0.2, 0) is 0 Å². The molecule has 2 aromatic rings. The predicted octanol–water partition coefficient (Wildman–Crippen LogP) is 3.98. The zero-order valence-electron chi connectivity index (χ0n) is 11.2. The monoisotopic (exact) mass is 351 g/mol. The Hall–Kier alpha value is -1.82. The number of carbonyl (C=O) groups is 1. The maximum atomic E-state index is 10.8. The molecule has 1 N–H and O–H groups in total. The smallest absolute Gasteiger partial charge is 0.358 e. The van der Waals surface area contributed by atoms with Gasteiger partial charge in [0.25, 0.3) is 0 Å². The molecule has 1 aromatic carbocycles. The van der Waals surface area contributed by atoms with E-state index in [4.69, 9.17) is 14.4 Å². The Balaban J connectivity index is 1.74. The van der Waals surface area contributed by atoms with Crippen LogP contribution in [0, 0.1) is 5.92 Å². The van der Waals surface area contributed by atoms with Crippen LogP contribution in [0.3, 0.4) is 0 Å². The van der Waals surface area contributed by atoms with Crippen molar-refractivity contribution in [2.45, 2.75) is 19.3 Å². The average Bonchev–Trinajstić information content (AvgIpc) is 2.88. The van der Waals surface area contributed by atoms with E-state index in [1.54, 1.807) is 0 Å². The fraction of sp³-hybridized carbons (Fsp3) is 0.333. The SMILES string of the molecule is O=C(O)c1cc(-c2ccc(OCC3CCC3)c(Br)c2)on1. The van der Waals surface area contributed by atoms with Crippen LogP contribution < -0.4 is 4.74 Å². The third-order valence-corrected chi connectivity index (χ3v) is 4.26. The van der Waals surface area contributed by atoms with E-state index in [0.717, 1.165) is 22.4 Å². The normalized spacial score (nSPS) is 14.7. The highest BCUT2D eigenvalue weighted by atomic mass is 79.9. The summed E-state index contributed by atoms with van der Waals surface area (Å²) in [6.45, 7) is 0.740. The summed E-state index contributed by atoms with van der Waals surface area (Å²) >= 11 is 3.47. The molecule has 5 nitrogen and oxygen atoms in total. The van der Waals surface area contributed by atoms with Crippen molar-refractivity contribution in [3.8, 4) is 17.1 Å². The van der Waals surface area contributed by atoms with Gasteiger partial charge in [0.1, 0.15) is 5.75 Å². The number of hydrogen-bond acceptors (Lipinski definition) is 4. The number of carboxylic acids is 1. The molecule has 0 unspecified atom stereocenters. The van der Waals surface area contributed by atoms with Gasteiger partial charge in [0.2, 0.25) is 0 Å². The van der Waals surface area contributed by atoms with E-state index < -0.39 is 5.97 Å². The van der Waals surface area contributed by atoms with E-state index in [1.807, 2.05) is 18.2 Å². The van der Waals surface area contributed by atoms with Gasteiger partial charge in [0.05, 0.1) is 11.1 Å². The fourth-order valence-corrected chi connectivity index (χ4v) is 2.64. The lowest BCUT2D eigenvalue weighted by molar-refractivity contribution is 0.0686. The van der Waals surface area contributed by atoms with Crippen LogP contribution in [0.25, 0.3) is 11.3 Å². The van der Waals surface area contributed by atoms with Crippen LogP contribution in [0.15, 0.2) is 33.3 Å². The lowest BCUT2D eigenvalue weighted by Crippen LogP contribution is -2.19. The van der Waals surface area contributed by atoms with Gasteiger partial charge < -0.3 is 14.4 Å². The lowest BCUT2D eigenvalue weighted by atomic mass is 9.86. The molecule has 0 bridgehead atoms. The van der Waals surface area contributed by atoms with Crippen molar-refractivity contribution in [3.63, 3.8) is 0 Å². The highest BCUT2D eigenvalue weighted by molar-refractivity contribution is 9.10. The number of halogens is 1. The molecule has 1 aliphatic rings. The summed E-state index contributed by atoms with van der Waals surface area (Å²) in [5.41, 5.74) is 0.643. The molecule has 1 fully saturated rings. The molecule has 1 aromatic heterocycles. The Morgan fingerprint density at radius 3 is 2.81 bits per heavy atom. The van der Waals surface area contributed by atoms with E-state index in [9.17, 15) is 4.79 Å². The van der Waals surface area contributed by atoms with Crippen LogP contribution in [0.1, 0.15) is 29.8 Å². The lowest BCUT2D eigenvalue weighted by Gasteiger charge is -2.25. The largest absolute Gasteiger partial charge is 0.492 e. The van der Waals surface area contributed by atoms with Crippen molar-refractivity contribution in [3.05, 3.63) is 34.4 Å². The van der Waals surface area contributed by atoms with Crippen molar-refractivity contribution in [2.75, 3.05) is 6.61 Å². The minimum Gasteiger partial charge on any atom is -0.492 e. The number of benzene rings is 1. The second kappa shape index (κ2) is 5.89. The summed E-state index contributed by atoms with van der Waals surface area (Å²) in [6.07, 6.45) is 3.78. The number of aromatic carboxylic acids is 1. The molecule has 1 aliphatic carbocycles. The molecule has 0 atom stereocenters. The molecule has 0 saturated heterocycles. The minimum atomic E-state index is -1.11. The summed E-state index contributed by atoms with van der Waals surface area (Å²) in [7, 11) is 0. The van der Waals surface area contributed by atoms with Gasteiger partial charge in [-0.05, 0) is 52.9 Å². The number of carboxylic acid groups (broad SMARTS) is 1. The fourth-order valence-electron chi connectivity index (χ4n) is 2.15. The van der Waals surface area contributed by atoms with Crippen LogP contribution in [0.4, 0.5) is 0 Å². The highest BCUT2D eigenvalue weighted by Crippen LogP contribution is 2.33. The van der Waals surface area contributed by atoms with Gasteiger partial charge in [-0.1, -0.05) is 11.6 Å². The number of nitrogens with zero attached hydrogens (tertiary/aromatic N) is 1. The van der Waals surface area contributed by atoms with E-state index in [-0.39, 0.29) is 5.69 Å². The average molecular weight is 352 g/mol. The molecule has 0 amide bonds. The zero-order valence-corrected chi connectivity index (χ0v) is 12.8. The Bertz CT molecular complexity index is 663. The molecule has 21 heavy (non-hydrogen) atoms. The molecule has 3 rings (SSSR count). The van der Waals surface area contributed by atoms with Crippen LogP contribution >= 0.6 is 15.9 Å². The minimum absolute atomic E-state index is 0.105. The van der Waals surface area contributed by atoms with Crippen LogP contribution in [0.5, 0.6) is 5.75 Å². The first-order valence-electron chi connectivity index (χ1n) is 6.76. The molecule has 1 heterocycles. The first-order valence-corrected chi connectivity index (χ1v) is 7.55. The van der Waals surface area contributed by atoms with Crippen molar-refractivity contribution < 1.29 is 19.2 Å². The number of aromatic nitrogens is 1. The number of hydrogen-bond donors (Lipinski definition) is 1. The van der Waals surface area contributed by atoms with E-state index in [1.165, 1.54) is 25.3 Å². The maximum Gasteiger partial charge on any atom is 0.358 e. The predicted molar refractivity (Wildman–Crippen MR) is 79.4 cm³/mol. The van der Waals surface area contributed by atoms with Gasteiger partial charge in [-0.2, -0.15) is 0 Å². The van der Waals surface area contributed by atoms with Crippen molar-refractivity contribution in [1.29, 1.82) is 0 Å². The number of rotatable bonds is 5. The Labute approximate surface area is 130 Å². The summed E-state index contributed by atoms with van der Waals surface area (Å²) in [6, 6.07) is 6.91. The molecule has 110 valence electrons. The van der Waals surface area contributed by atoms with Gasteiger partial charge in [-0.3, -0.25) is 0 Å². The molecule has 0 radical (unpaired) electrons. The van der Waals surface area contributed by atoms with Gasteiger partial charge >= 0.3 is 5.97 Å². The molecule has 0 spiro atoms. The summed E-state index contributed by atoms with van der Waals surface area (Å²) in [5.74, 6) is 0.760. The second-order valence-electron chi connectivity index (χ2n) is 5.13. The molecule has 6 heteroatoms. The molecular formula is C15H14BrNO4. The Morgan fingerprint density at radius 1 is 1.43 bits per heavy atom. The van der Waals surface area contributed by atoms with Crippen molar-refractivity contribution >= 4 is 21.9 Å². The van der Waals surface area contributed by atoms with Gasteiger partial charge in [-0.15, -0.1) is 0 Å². The third-order valence-electron chi connectivity index (χ3n) is 3.64. The number of ether oxygens (including phenoxy) is 1. The van der Waals surface area contributed by atoms with Gasteiger partial charge in [-0.25, -0.2) is 4.79 Å². The molecular weight excluding hydrogens is 338 g/mol. The summed E-state index contributed by atoms with van der Waals surface area (Å²) in [5, 5.41) is 12.3. The van der Waals surface area contributed by atoms with Crippen LogP contribution in [0.2, 0.25) is 0 Å². The van der Waals surface area contributed by atoms with E-state index in [2.05, 4.69) is 21.1 Å². The summed E-state index contributed by atoms with van der Waals surface area (Å²) < 4.78 is 11.6. The Morgan fingerprint density at radius 2 is 2.24 bits per heavy atom. The summed E-state index contributed by atoms with van der Waals surface area (Å²) in [4.78, 5) is 10.8. The third kappa shape index (κ3) is 3.10. The topological polar surface area (TPSA) is 72.6 Å². The van der Waals surface area contributed by atoms with E-state index in [0.29, 0.717) is 11.7 Å². The first-order chi connectivity index (χ1) is 10.1. The molecule has 1 saturated carbocycles. The van der Waals surface area contributed by atoms with Gasteiger partial charge in [0.15, 0.2) is 11.5 Å². The van der Waals surface area contributed by atoms with Crippen LogP contribution in [-0.4, -0.2) is 22.8 Å². The van der Waals surface area contributed by atoms with Crippen molar-refractivity contribution in [2.24, 2.45) is 5.92 Å². The standard InChI is InChI=1S/C15H14BrNO4/c16-11-6-10(14-7-12(15(18)19)17-21-14)4-5-13(11)20-8-9-2-1-3-9/h4-7,9H,1-3,8H2,(H,18,19). The second-order valence-corrected chi connectivity index (χ2v) is 5.99. The maximum absolute atomic E-state index is 10.8.